The third kappa shape index (κ3) is 2.10. The summed E-state index contributed by atoms with van der Waals surface area (Å²) in [5.41, 5.74) is 1.31. The lowest BCUT2D eigenvalue weighted by Gasteiger charge is -1.94. The van der Waals surface area contributed by atoms with E-state index in [1.807, 2.05) is 0 Å². The van der Waals surface area contributed by atoms with Gasteiger partial charge in [0.25, 0.3) is 0 Å². The van der Waals surface area contributed by atoms with Crippen molar-refractivity contribution in [3.63, 3.8) is 0 Å². The standard InChI is InChI=1S/C8H15NO/c1-7-4-5-8(9-7)3-2-6-10/h7,10H,2-6H2,1H3/t7-/m1/s1. The lowest BCUT2D eigenvalue weighted by Crippen LogP contribution is -1.94. The van der Waals surface area contributed by atoms with Crippen molar-refractivity contribution < 1.29 is 5.11 Å². The van der Waals surface area contributed by atoms with Crippen molar-refractivity contribution in [3.8, 4) is 0 Å². The minimum atomic E-state index is 0.299. The van der Waals surface area contributed by atoms with Crippen molar-refractivity contribution >= 4 is 5.71 Å². The van der Waals surface area contributed by atoms with Crippen molar-refractivity contribution in [3.05, 3.63) is 0 Å². The van der Waals surface area contributed by atoms with Crippen LogP contribution >= 0.6 is 0 Å². The topological polar surface area (TPSA) is 32.6 Å². The highest BCUT2D eigenvalue weighted by atomic mass is 16.2. The van der Waals surface area contributed by atoms with Crippen molar-refractivity contribution in [2.75, 3.05) is 6.61 Å². The Morgan fingerprint density at radius 3 is 3.00 bits per heavy atom. The zero-order valence-corrected chi connectivity index (χ0v) is 6.51. The molecule has 10 heavy (non-hydrogen) atoms. The minimum Gasteiger partial charge on any atom is -0.396 e. The molecular formula is C8H15NO. The molecule has 1 rings (SSSR count). The van der Waals surface area contributed by atoms with E-state index in [0.29, 0.717) is 12.6 Å². The molecule has 0 aromatic carbocycles. The summed E-state index contributed by atoms with van der Waals surface area (Å²) < 4.78 is 0. The van der Waals surface area contributed by atoms with Crippen LogP contribution in [0, 0.1) is 0 Å². The highest BCUT2D eigenvalue weighted by Gasteiger charge is 2.11. The number of hydrogen-bond acceptors (Lipinski definition) is 2. The Balaban J connectivity index is 2.22. The molecule has 1 aliphatic rings. The van der Waals surface area contributed by atoms with Crippen LogP contribution in [0.2, 0.25) is 0 Å². The normalized spacial score (nSPS) is 25.0. The third-order valence-electron chi connectivity index (χ3n) is 1.88. The Morgan fingerprint density at radius 2 is 2.50 bits per heavy atom. The van der Waals surface area contributed by atoms with Crippen LogP contribution in [-0.4, -0.2) is 23.5 Å². The monoisotopic (exact) mass is 141 g/mol. The molecule has 1 atom stereocenters. The fourth-order valence-electron chi connectivity index (χ4n) is 1.29. The van der Waals surface area contributed by atoms with Crippen LogP contribution in [0.4, 0.5) is 0 Å². The Bertz CT molecular complexity index is 131. The van der Waals surface area contributed by atoms with E-state index in [0.717, 1.165) is 19.3 Å². The molecule has 0 saturated heterocycles. The van der Waals surface area contributed by atoms with E-state index in [-0.39, 0.29) is 0 Å². The lowest BCUT2D eigenvalue weighted by atomic mass is 10.1. The van der Waals surface area contributed by atoms with E-state index < -0.39 is 0 Å². The Labute approximate surface area is 62.0 Å². The second-order valence-electron chi connectivity index (χ2n) is 2.91. The van der Waals surface area contributed by atoms with Gasteiger partial charge in [0.05, 0.1) is 0 Å². The van der Waals surface area contributed by atoms with Gasteiger partial charge in [-0.1, -0.05) is 0 Å². The van der Waals surface area contributed by atoms with Crippen LogP contribution in [0.5, 0.6) is 0 Å². The molecular weight excluding hydrogens is 126 g/mol. The molecule has 0 aromatic rings. The van der Waals surface area contributed by atoms with Crippen LogP contribution in [0.25, 0.3) is 0 Å². The van der Waals surface area contributed by atoms with Gasteiger partial charge in [0.1, 0.15) is 0 Å². The molecule has 0 amide bonds. The van der Waals surface area contributed by atoms with Crippen LogP contribution in [0.1, 0.15) is 32.6 Å². The number of nitrogens with zero attached hydrogens (tertiary/aromatic N) is 1. The van der Waals surface area contributed by atoms with E-state index in [1.165, 1.54) is 12.1 Å². The number of hydrogen-bond donors (Lipinski definition) is 1. The van der Waals surface area contributed by atoms with E-state index in [2.05, 4.69) is 11.9 Å². The quantitative estimate of drug-likeness (QED) is 0.632. The van der Waals surface area contributed by atoms with Gasteiger partial charge in [-0.3, -0.25) is 4.99 Å². The zero-order valence-electron chi connectivity index (χ0n) is 6.51. The molecule has 0 bridgehead atoms. The highest BCUT2D eigenvalue weighted by molar-refractivity contribution is 5.86. The zero-order chi connectivity index (χ0) is 7.40. The van der Waals surface area contributed by atoms with Gasteiger partial charge in [-0.2, -0.15) is 0 Å². The Morgan fingerprint density at radius 1 is 1.70 bits per heavy atom. The molecule has 0 spiro atoms. The average molecular weight is 141 g/mol. The van der Waals surface area contributed by atoms with Gasteiger partial charge in [0.15, 0.2) is 0 Å². The van der Waals surface area contributed by atoms with Gasteiger partial charge in [-0.15, -0.1) is 0 Å². The Hall–Kier alpha value is -0.370. The first-order valence-electron chi connectivity index (χ1n) is 3.99. The molecule has 0 aromatic heterocycles. The summed E-state index contributed by atoms with van der Waals surface area (Å²) in [7, 11) is 0. The van der Waals surface area contributed by atoms with Crippen molar-refractivity contribution in [1.82, 2.24) is 0 Å². The second-order valence-corrected chi connectivity index (χ2v) is 2.91. The predicted octanol–water partition coefficient (Wildman–Crippen LogP) is 1.38. The first kappa shape index (κ1) is 7.73. The largest absolute Gasteiger partial charge is 0.396 e. The maximum absolute atomic E-state index is 8.54. The summed E-state index contributed by atoms with van der Waals surface area (Å²) in [6.45, 7) is 2.44. The summed E-state index contributed by atoms with van der Waals surface area (Å²) in [6, 6.07) is 0.536. The molecule has 0 unspecified atom stereocenters. The number of aliphatic imine (C=N–C) groups is 1. The molecule has 1 aliphatic heterocycles. The fraction of sp³-hybridized carbons (Fsp3) is 0.875. The van der Waals surface area contributed by atoms with Gasteiger partial charge < -0.3 is 5.11 Å². The van der Waals surface area contributed by atoms with E-state index in [9.17, 15) is 0 Å². The Kier molecular flexibility index (Phi) is 2.87. The number of rotatable bonds is 3. The average Bonchev–Trinajstić information content (AvgIpc) is 2.31. The van der Waals surface area contributed by atoms with Crippen molar-refractivity contribution in [1.29, 1.82) is 0 Å². The molecule has 58 valence electrons. The van der Waals surface area contributed by atoms with E-state index in [1.54, 1.807) is 0 Å². The predicted molar refractivity (Wildman–Crippen MR) is 42.5 cm³/mol. The molecule has 0 radical (unpaired) electrons. The van der Waals surface area contributed by atoms with Gasteiger partial charge in [0.2, 0.25) is 0 Å². The summed E-state index contributed by atoms with van der Waals surface area (Å²) in [6.07, 6.45) is 4.24. The number of aliphatic hydroxyl groups excluding tert-OH is 1. The lowest BCUT2D eigenvalue weighted by molar-refractivity contribution is 0.291. The summed E-state index contributed by atoms with van der Waals surface area (Å²) in [5, 5.41) is 8.54. The molecule has 0 fully saturated rings. The molecule has 2 heteroatoms. The maximum Gasteiger partial charge on any atom is 0.0474 e. The molecule has 1 N–H and O–H groups in total. The van der Waals surface area contributed by atoms with Gasteiger partial charge in [-0.25, -0.2) is 0 Å². The first-order chi connectivity index (χ1) is 4.83. The summed E-state index contributed by atoms with van der Waals surface area (Å²) in [4.78, 5) is 4.43. The summed E-state index contributed by atoms with van der Waals surface area (Å²) >= 11 is 0. The van der Waals surface area contributed by atoms with Crippen LogP contribution in [0.3, 0.4) is 0 Å². The van der Waals surface area contributed by atoms with E-state index in [4.69, 9.17) is 5.11 Å². The summed E-state index contributed by atoms with van der Waals surface area (Å²) in [5.74, 6) is 0. The third-order valence-corrected chi connectivity index (χ3v) is 1.88. The van der Waals surface area contributed by atoms with Gasteiger partial charge >= 0.3 is 0 Å². The van der Waals surface area contributed by atoms with Crippen LogP contribution in [-0.2, 0) is 0 Å². The SMILES string of the molecule is C[C@@H]1CCC(CCCO)=N1. The van der Waals surface area contributed by atoms with Gasteiger partial charge in [0, 0.05) is 18.4 Å². The van der Waals surface area contributed by atoms with E-state index >= 15 is 0 Å². The molecule has 2 nitrogen and oxygen atoms in total. The molecule has 1 heterocycles. The van der Waals surface area contributed by atoms with Gasteiger partial charge in [-0.05, 0) is 32.6 Å². The first-order valence-corrected chi connectivity index (χ1v) is 3.99. The molecule has 0 aliphatic carbocycles. The fourth-order valence-corrected chi connectivity index (χ4v) is 1.29. The molecule has 0 saturated carbocycles. The highest BCUT2D eigenvalue weighted by Crippen LogP contribution is 2.14. The smallest absolute Gasteiger partial charge is 0.0474 e. The van der Waals surface area contributed by atoms with Crippen LogP contribution in [0.15, 0.2) is 4.99 Å². The number of aliphatic hydroxyl groups is 1. The van der Waals surface area contributed by atoms with Crippen molar-refractivity contribution in [2.45, 2.75) is 38.6 Å². The van der Waals surface area contributed by atoms with Crippen molar-refractivity contribution in [2.24, 2.45) is 4.99 Å². The minimum absolute atomic E-state index is 0.299. The maximum atomic E-state index is 8.54. The second kappa shape index (κ2) is 3.71. The van der Waals surface area contributed by atoms with Crippen LogP contribution < -0.4 is 0 Å².